The summed E-state index contributed by atoms with van der Waals surface area (Å²) in [6, 6.07) is 6.50. The van der Waals surface area contributed by atoms with Gasteiger partial charge in [-0.2, -0.15) is 0 Å². The smallest absolute Gasteiger partial charge is 0.115 e. The average Bonchev–Trinajstić information content (AvgIpc) is 2.09. The molecule has 12 heavy (non-hydrogen) atoms. The number of hydrogen-bond donors (Lipinski definition) is 2. The van der Waals surface area contributed by atoms with Crippen LogP contribution < -0.4 is 0 Å². The largest absolute Gasteiger partial charge is 0.508 e. The van der Waals surface area contributed by atoms with Crippen molar-refractivity contribution in [2.75, 3.05) is 0 Å². The van der Waals surface area contributed by atoms with Gasteiger partial charge in [0.1, 0.15) is 5.75 Å². The Labute approximate surface area is 73.5 Å². The minimum Gasteiger partial charge on any atom is -0.508 e. The summed E-state index contributed by atoms with van der Waals surface area (Å²) in [5, 5.41) is 17.9. The van der Waals surface area contributed by atoms with Crippen LogP contribution in [-0.4, -0.2) is 10.2 Å². The lowest BCUT2D eigenvalue weighted by molar-refractivity contribution is 0.199. The Hall–Kier alpha value is -1.02. The molecule has 0 fully saturated rings. The number of aliphatic hydroxyl groups is 1. The Bertz CT molecular complexity index is 202. The fourth-order valence-electron chi connectivity index (χ4n) is 0.753. The van der Waals surface area contributed by atoms with Crippen LogP contribution in [0.1, 0.15) is 32.4 Å². The molecule has 0 heterocycles. The molecule has 1 atom stereocenters. The lowest BCUT2D eigenvalue weighted by atomic mass is 10.1. The van der Waals surface area contributed by atoms with Crippen LogP contribution in [0, 0.1) is 0 Å². The second kappa shape index (κ2) is 5.61. The molecule has 0 aromatic heterocycles. The van der Waals surface area contributed by atoms with Crippen molar-refractivity contribution in [1.29, 1.82) is 0 Å². The number of aromatic hydroxyl groups is 1. The van der Waals surface area contributed by atoms with Crippen molar-refractivity contribution in [2.24, 2.45) is 0 Å². The highest BCUT2D eigenvalue weighted by Crippen LogP contribution is 2.15. The molecule has 2 N–H and O–H groups in total. The van der Waals surface area contributed by atoms with E-state index in [0.29, 0.717) is 0 Å². The van der Waals surface area contributed by atoms with Gasteiger partial charge >= 0.3 is 0 Å². The minimum atomic E-state index is -0.458. The highest BCUT2D eigenvalue weighted by atomic mass is 16.3. The highest BCUT2D eigenvalue weighted by Gasteiger charge is 1.97. The Morgan fingerprint density at radius 3 is 1.83 bits per heavy atom. The van der Waals surface area contributed by atoms with E-state index in [-0.39, 0.29) is 5.75 Å². The Morgan fingerprint density at radius 1 is 1.08 bits per heavy atom. The van der Waals surface area contributed by atoms with Crippen LogP contribution >= 0.6 is 0 Å². The standard InChI is InChI=1S/C8H10O2.C2H6/c1-6(9)7-2-4-8(10)5-3-7;1-2/h2-6,9-10H,1H3;1-2H3. The molecular formula is C10H16O2. The first-order valence-electron chi connectivity index (χ1n) is 4.17. The van der Waals surface area contributed by atoms with Crippen LogP contribution in [-0.2, 0) is 0 Å². The molecule has 0 aliphatic heterocycles. The van der Waals surface area contributed by atoms with Gasteiger partial charge in [0, 0.05) is 0 Å². The quantitative estimate of drug-likeness (QED) is 0.676. The average molecular weight is 168 g/mol. The van der Waals surface area contributed by atoms with Gasteiger partial charge in [-0.1, -0.05) is 26.0 Å². The van der Waals surface area contributed by atoms with Crippen LogP contribution in [0.5, 0.6) is 5.75 Å². The van der Waals surface area contributed by atoms with Crippen molar-refractivity contribution in [2.45, 2.75) is 26.9 Å². The molecule has 1 rings (SSSR count). The number of phenols is 1. The van der Waals surface area contributed by atoms with E-state index in [9.17, 15) is 0 Å². The fraction of sp³-hybridized carbons (Fsp3) is 0.400. The highest BCUT2D eigenvalue weighted by molar-refractivity contribution is 5.26. The molecule has 1 unspecified atom stereocenters. The van der Waals surface area contributed by atoms with Gasteiger partial charge in [-0.05, 0) is 24.6 Å². The van der Waals surface area contributed by atoms with Gasteiger partial charge in [0.2, 0.25) is 0 Å². The molecule has 1 aromatic carbocycles. The topological polar surface area (TPSA) is 40.5 Å². The Kier molecular flexibility index (Phi) is 5.13. The third kappa shape index (κ3) is 3.39. The van der Waals surface area contributed by atoms with Crippen molar-refractivity contribution < 1.29 is 10.2 Å². The number of aliphatic hydroxyl groups excluding tert-OH is 1. The summed E-state index contributed by atoms with van der Waals surface area (Å²) in [6.45, 7) is 5.69. The first-order chi connectivity index (χ1) is 5.70. The molecule has 0 saturated heterocycles. The number of rotatable bonds is 1. The van der Waals surface area contributed by atoms with Gasteiger partial charge in [-0.25, -0.2) is 0 Å². The molecule has 0 radical (unpaired) electrons. The van der Waals surface area contributed by atoms with Crippen LogP contribution in [0.3, 0.4) is 0 Å². The van der Waals surface area contributed by atoms with Gasteiger partial charge < -0.3 is 10.2 Å². The summed E-state index contributed by atoms with van der Waals surface area (Å²) in [7, 11) is 0. The molecular weight excluding hydrogens is 152 g/mol. The van der Waals surface area contributed by atoms with Crippen molar-refractivity contribution in [3.63, 3.8) is 0 Å². The zero-order chi connectivity index (χ0) is 9.56. The zero-order valence-corrected chi connectivity index (χ0v) is 7.78. The molecule has 0 spiro atoms. The van der Waals surface area contributed by atoms with Crippen molar-refractivity contribution >= 4 is 0 Å². The predicted molar refractivity (Wildman–Crippen MR) is 50.1 cm³/mol. The van der Waals surface area contributed by atoms with E-state index in [2.05, 4.69) is 0 Å². The molecule has 0 saturated carbocycles. The number of hydrogen-bond acceptors (Lipinski definition) is 2. The summed E-state index contributed by atoms with van der Waals surface area (Å²) in [6.07, 6.45) is -0.458. The van der Waals surface area contributed by atoms with Crippen LogP contribution in [0.4, 0.5) is 0 Å². The van der Waals surface area contributed by atoms with E-state index in [4.69, 9.17) is 10.2 Å². The van der Waals surface area contributed by atoms with E-state index < -0.39 is 6.10 Å². The number of benzene rings is 1. The maximum Gasteiger partial charge on any atom is 0.115 e. The zero-order valence-electron chi connectivity index (χ0n) is 7.78. The second-order valence-electron chi connectivity index (χ2n) is 2.27. The molecule has 2 nitrogen and oxygen atoms in total. The normalized spacial score (nSPS) is 11.3. The lowest BCUT2D eigenvalue weighted by Gasteiger charge is -2.02. The van der Waals surface area contributed by atoms with Gasteiger partial charge in [0.25, 0.3) is 0 Å². The first-order valence-corrected chi connectivity index (χ1v) is 4.17. The van der Waals surface area contributed by atoms with Crippen molar-refractivity contribution in [3.8, 4) is 5.75 Å². The molecule has 2 heteroatoms. The molecule has 0 aliphatic rings. The minimum absolute atomic E-state index is 0.226. The third-order valence-electron chi connectivity index (χ3n) is 1.38. The van der Waals surface area contributed by atoms with E-state index in [0.717, 1.165) is 5.56 Å². The van der Waals surface area contributed by atoms with E-state index >= 15 is 0 Å². The van der Waals surface area contributed by atoms with Crippen molar-refractivity contribution in [3.05, 3.63) is 29.8 Å². The SMILES string of the molecule is CC.CC(O)c1ccc(O)cc1. The Balaban J connectivity index is 0.000000561. The molecule has 68 valence electrons. The monoisotopic (exact) mass is 168 g/mol. The summed E-state index contributed by atoms with van der Waals surface area (Å²) in [5.74, 6) is 0.226. The van der Waals surface area contributed by atoms with Crippen LogP contribution in [0.15, 0.2) is 24.3 Å². The van der Waals surface area contributed by atoms with Crippen LogP contribution in [0.2, 0.25) is 0 Å². The summed E-state index contributed by atoms with van der Waals surface area (Å²) in [5.41, 5.74) is 0.817. The van der Waals surface area contributed by atoms with Gasteiger partial charge in [-0.15, -0.1) is 0 Å². The van der Waals surface area contributed by atoms with Crippen LogP contribution in [0.25, 0.3) is 0 Å². The fourth-order valence-corrected chi connectivity index (χ4v) is 0.753. The van der Waals surface area contributed by atoms with Crippen molar-refractivity contribution in [1.82, 2.24) is 0 Å². The van der Waals surface area contributed by atoms with E-state index in [1.54, 1.807) is 31.2 Å². The first kappa shape index (κ1) is 11.0. The molecule has 0 aliphatic carbocycles. The van der Waals surface area contributed by atoms with E-state index in [1.807, 2.05) is 13.8 Å². The number of phenolic OH excluding ortho intramolecular Hbond substituents is 1. The maximum atomic E-state index is 9.03. The Morgan fingerprint density at radius 2 is 1.50 bits per heavy atom. The molecule has 0 bridgehead atoms. The summed E-state index contributed by atoms with van der Waals surface area (Å²) < 4.78 is 0. The maximum absolute atomic E-state index is 9.03. The third-order valence-corrected chi connectivity index (χ3v) is 1.38. The van der Waals surface area contributed by atoms with E-state index in [1.165, 1.54) is 0 Å². The second-order valence-corrected chi connectivity index (χ2v) is 2.27. The molecule has 1 aromatic rings. The lowest BCUT2D eigenvalue weighted by Crippen LogP contribution is -1.88. The van der Waals surface area contributed by atoms with Gasteiger partial charge in [0.15, 0.2) is 0 Å². The summed E-state index contributed by atoms with van der Waals surface area (Å²) in [4.78, 5) is 0. The summed E-state index contributed by atoms with van der Waals surface area (Å²) >= 11 is 0. The predicted octanol–water partition coefficient (Wildman–Crippen LogP) is 2.47. The van der Waals surface area contributed by atoms with Gasteiger partial charge in [-0.3, -0.25) is 0 Å². The molecule has 0 amide bonds. The van der Waals surface area contributed by atoms with Gasteiger partial charge in [0.05, 0.1) is 6.10 Å².